The Hall–Kier alpha value is -2.09. The summed E-state index contributed by atoms with van der Waals surface area (Å²) in [7, 11) is 0. The first-order valence-corrected chi connectivity index (χ1v) is 9.33. The molecule has 2 aromatic carbocycles. The molecule has 1 aliphatic carbocycles. The molecule has 25 heavy (non-hydrogen) atoms. The summed E-state index contributed by atoms with van der Waals surface area (Å²) in [5, 5.41) is 12.1. The molecule has 0 aromatic heterocycles. The van der Waals surface area contributed by atoms with Crippen molar-refractivity contribution in [3.05, 3.63) is 51.1 Å². The number of likely N-dealkylation sites (tertiary alicyclic amines) is 1. The van der Waals surface area contributed by atoms with Crippen LogP contribution in [0.1, 0.15) is 24.0 Å². The number of rotatable bonds is 2. The minimum Gasteiger partial charge on any atom is -0.465 e. The fourth-order valence-electron chi connectivity index (χ4n) is 3.75. The molecule has 4 rings (SSSR count). The van der Waals surface area contributed by atoms with E-state index in [9.17, 15) is 14.7 Å². The summed E-state index contributed by atoms with van der Waals surface area (Å²) in [5.41, 5.74) is 5.68. The summed E-state index contributed by atoms with van der Waals surface area (Å²) in [5.74, 6) is -0.245. The van der Waals surface area contributed by atoms with Crippen LogP contribution in [0.25, 0.3) is 11.1 Å². The van der Waals surface area contributed by atoms with Gasteiger partial charge in [0.2, 0.25) is 5.91 Å². The predicted molar refractivity (Wildman–Crippen MR) is 104 cm³/mol. The number of hydrogen-bond donors (Lipinski definition) is 2. The van der Waals surface area contributed by atoms with Gasteiger partial charge in [0, 0.05) is 15.8 Å². The van der Waals surface area contributed by atoms with E-state index in [1.165, 1.54) is 30.7 Å². The maximum atomic E-state index is 12.5. The number of fused-ring (bicyclic) bond motifs is 3. The van der Waals surface area contributed by atoms with Gasteiger partial charge in [0.15, 0.2) is 0 Å². The second-order valence-corrected chi connectivity index (χ2v) is 7.72. The summed E-state index contributed by atoms with van der Waals surface area (Å²) in [6, 6.07) is 11.8. The Kier molecular flexibility index (Phi) is 4.15. The third kappa shape index (κ3) is 2.99. The van der Waals surface area contributed by atoms with E-state index in [4.69, 9.17) is 0 Å². The third-order valence-corrected chi connectivity index (χ3v) is 5.58. The Morgan fingerprint density at radius 3 is 2.60 bits per heavy atom. The molecule has 2 N–H and O–H groups in total. The molecule has 6 heteroatoms. The van der Waals surface area contributed by atoms with Gasteiger partial charge in [-0.15, -0.1) is 0 Å². The number of nitrogens with zero attached hydrogens (tertiary/aromatic N) is 1. The van der Waals surface area contributed by atoms with Crippen molar-refractivity contribution in [1.82, 2.24) is 4.90 Å². The zero-order valence-corrected chi connectivity index (χ0v) is 15.6. The Morgan fingerprint density at radius 1 is 1.12 bits per heavy atom. The van der Waals surface area contributed by atoms with E-state index in [2.05, 4.69) is 46.1 Å². The second-order valence-electron chi connectivity index (χ2n) is 6.47. The molecule has 0 spiro atoms. The molecule has 1 saturated heterocycles. The third-order valence-electron chi connectivity index (χ3n) is 4.91. The largest absolute Gasteiger partial charge is 0.465 e. The standard InChI is InChI=1S/C19H17IN2O3/c20-13-3-5-15-11(9-13)8-12-10-14(4-6-16(12)15)21-18(23)17-2-1-7-22(17)19(24)25/h3-6,9-10,17H,1-2,7-8H2,(H,21,23)(H,24,25). The van der Waals surface area contributed by atoms with E-state index in [0.29, 0.717) is 13.0 Å². The van der Waals surface area contributed by atoms with Crippen molar-refractivity contribution >= 4 is 40.3 Å². The monoisotopic (exact) mass is 448 g/mol. The second kappa shape index (κ2) is 6.33. The van der Waals surface area contributed by atoms with Gasteiger partial charge in [-0.05, 0) is 88.4 Å². The molecule has 0 radical (unpaired) electrons. The van der Waals surface area contributed by atoms with E-state index in [-0.39, 0.29) is 5.91 Å². The number of hydrogen-bond acceptors (Lipinski definition) is 2. The van der Waals surface area contributed by atoms with E-state index < -0.39 is 12.1 Å². The number of benzene rings is 2. The quantitative estimate of drug-likeness (QED) is 0.584. The molecular weight excluding hydrogens is 431 g/mol. The number of carbonyl (C=O) groups excluding carboxylic acids is 1. The molecule has 1 unspecified atom stereocenters. The van der Waals surface area contributed by atoms with Crippen LogP contribution in [0.5, 0.6) is 0 Å². The molecule has 1 atom stereocenters. The number of carbonyl (C=O) groups is 2. The first-order valence-electron chi connectivity index (χ1n) is 8.25. The van der Waals surface area contributed by atoms with Crippen LogP contribution in [0.3, 0.4) is 0 Å². The lowest BCUT2D eigenvalue weighted by Gasteiger charge is -2.20. The van der Waals surface area contributed by atoms with Gasteiger partial charge in [-0.2, -0.15) is 0 Å². The van der Waals surface area contributed by atoms with Crippen molar-refractivity contribution in [1.29, 1.82) is 0 Å². The molecule has 0 saturated carbocycles. The molecule has 5 nitrogen and oxygen atoms in total. The molecule has 128 valence electrons. The van der Waals surface area contributed by atoms with Gasteiger partial charge in [0.1, 0.15) is 6.04 Å². The lowest BCUT2D eigenvalue weighted by molar-refractivity contribution is -0.119. The number of carboxylic acid groups (broad SMARTS) is 1. The summed E-state index contributed by atoms with van der Waals surface area (Å²) < 4.78 is 1.22. The fourth-order valence-corrected chi connectivity index (χ4v) is 4.31. The van der Waals surface area contributed by atoms with Crippen LogP contribution in [-0.2, 0) is 11.2 Å². The highest BCUT2D eigenvalue weighted by Gasteiger charge is 2.34. The van der Waals surface area contributed by atoms with Gasteiger partial charge in [-0.3, -0.25) is 9.69 Å². The number of amides is 2. The highest BCUT2D eigenvalue weighted by atomic mass is 127. The molecule has 1 heterocycles. The molecular formula is C19H17IN2O3. The average molecular weight is 448 g/mol. The Labute approximate surface area is 159 Å². The Balaban J connectivity index is 1.54. The highest BCUT2D eigenvalue weighted by molar-refractivity contribution is 14.1. The smallest absolute Gasteiger partial charge is 0.407 e. The van der Waals surface area contributed by atoms with E-state index in [0.717, 1.165) is 18.5 Å². The Morgan fingerprint density at radius 2 is 1.84 bits per heavy atom. The summed E-state index contributed by atoms with van der Waals surface area (Å²) in [6.07, 6.45) is 1.13. The lowest BCUT2D eigenvalue weighted by Crippen LogP contribution is -2.42. The van der Waals surface area contributed by atoms with Crippen LogP contribution in [0.2, 0.25) is 0 Å². The van der Waals surface area contributed by atoms with Gasteiger partial charge in [0.25, 0.3) is 0 Å². The Bertz CT molecular complexity index is 881. The average Bonchev–Trinajstić information content (AvgIpc) is 3.18. The van der Waals surface area contributed by atoms with Crippen molar-refractivity contribution in [3.8, 4) is 11.1 Å². The molecule has 1 fully saturated rings. The van der Waals surface area contributed by atoms with E-state index in [1.54, 1.807) is 0 Å². The predicted octanol–water partition coefficient (Wildman–Crippen LogP) is 3.94. The molecule has 1 aliphatic heterocycles. The minimum atomic E-state index is -1.03. The first-order chi connectivity index (χ1) is 12.0. The summed E-state index contributed by atoms with van der Waals surface area (Å²) >= 11 is 2.31. The van der Waals surface area contributed by atoms with Gasteiger partial charge in [-0.1, -0.05) is 12.1 Å². The number of halogens is 1. The van der Waals surface area contributed by atoms with Crippen LogP contribution in [0.4, 0.5) is 10.5 Å². The van der Waals surface area contributed by atoms with Crippen LogP contribution in [0.15, 0.2) is 36.4 Å². The van der Waals surface area contributed by atoms with Crippen LogP contribution >= 0.6 is 22.6 Å². The van der Waals surface area contributed by atoms with Crippen molar-refractivity contribution < 1.29 is 14.7 Å². The van der Waals surface area contributed by atoms with Crippen molar-refractivity contribution in [3.63, 3.8) is 0 Å². The van der Waals surface area contributed by atoms with Gasteiger partial charge >= 0.3 is 6.09 Å². The highest BCUT2D eigenvalue weighted by Crippen LogP contribution is 2.38. The maximum absolute atomic E-state index is 12.5. The van der Waals surface area contributed by atoms with Gasteiger partial charge < -0.3 is 10.4 Å². The molecule has 2 aliphatic rings. The van der Waals surface area contributed by atoms with Gasteiger partial charge in [-0.25, -0.2) is 4.79 Å². The first kappa shape index (κ1) is 16.4. The summed E-state index contributed by atoms with van der Waals surface area (Å²) in [4.78, 5) is 24.9. The minimum absolute atomic E-state index is 0.245. The zero-order valence-electron chi connectivity index (χ0n) is 13.5. The number of anilines is 1. The van der Waals surface area contributed by atoms with Crippen LogP contribution in [-0.4, -0.2) is 34.6 Å². The lowest BCUT2D eigenvalue weighted by atomic mass is 10.1. The fraction of sp³-hybridized carbons (Fsp3) is 0.263. The van der Waals surface area contributed by atoms with Crippen molar-refractivity contribution in [2.45, 2.75) is 25.3 Å². The number of nitrogens with one attached hydrogen (secondary N) is 1. The summed E-state index contributed by atoms with van der Waals surface area (Å²) in [6.45, 7) is 0.422. The zero-order chi connectivity index (χ0) is 17.6. The van der Waals surface area contributed by atoms with E-state index in [1.807, 2.05) is 18.2 Å². The SMILES string of the molecule is O=C(Nc1ccc2c(c1)Cc1cc(I)ccc1-2)C1CCCN1C(=O)O. The van der Waals surface area contributed by atoms with Crippen LogP contribution < -0.4 is 5.32 Å². The van der Waals surface area contributed by atoms with Crippen LogP contribution in [0, 0.1) is 3.57 Å². The molecule has 0 bridgehead atoms. The normalized spacial score (nSPS) is 18.0. The maximum Gasteiger partial charge on any atom is 0.407 e. The van der Waals surface area contributed by atoms with Crippen molar-refractivity contribution in [2.24, 2.45) is 0 Å². The van der Waals surface area contributed by atoms with Crippen molar-refractivity contribution in [2.75, 3.05) is 11.9 Å². The topological polar surface area (TPSA) is 69.6 Å². The van der Waals surface area contributed by atoms with Gasteiger partial charge in [0.05, 0.1) is 0 Å². The molecule has 2 aromatic rings. The van der Waals surface area contributed by atoms with E-state index >= 15 is 0 Å². The molecule has 2 amide bonds.